The smallest absolute Gasteiger partial charge is 0.223 e. The highest BCUT2D eigenvalue weighted by Crippen LogP contribution is 2.17. The Balaban J connectivity index is 2.23. The van der Waals surface area contributed by atoms with Crippen LogP contribution in [-0.2, 0) is 4.79 Å². The zero-order chi connectivity index (χ0) is 12.7. The summed E-state index contributed by atoms with van der Waals surface area (Å²) < 4.78 is 6.12. The number of amides is 1. The van der Waals surface area contributed by atoms with Crippen molar-refractivity contribution in [1.29, 1.82) is 0 Å². The molecule has 0 aliphatic rings. The van der Waals surface area contributed by atoms with Crippen molar-refractivity contribution in [3.8, 4) is 5.75 Å². The fourth-order valence-corrected chi connectivity index (χ4v) is 1.42. The van der Waals surface area contributed by atoms with Gasteiger partial charge in [-0.2, -0.15) is 0 Å². The van der Waals surface area contributed by atoms with E-state index in [4.69, 9.17) is 16.3 Å². The molecular weight excluding hydrogens is 305 g/mol. The van der Waals surface area contributed by atoms with Gasteiger partial charge in [0, 0.05) is 16.0 Å². The number of hydrogen-bond acceptors (Lipinski definition) is 2. The molecule has 1 aromatic rings. The Morgan fingerprint density at radius 2 is 2.29 bits per heavy atom. The minimum Gasteiger partial charge on any atom is -0.493 e. The molecule has 0 aromatic heterocycles. The molecule has 1 rings (SSSR count). The fourth-order valence-electron chi connectivity index (χ4n) is 1.10. The van der Waals surface area contributed by atoms with Crippen molar-refractivity contribution < 1.29 is 9.53 Å². The zero-order valence-electron chi connectivity index (χ0n) is 9.21. The minimum absolute atomic E-state index is 0.0763. The van der Waals surface area contributed by atoms with Crippen LogP contribution in [0.5, 0.6) is 5.75 Å². The van der Waals surface area contributed by atoms with Crippen molar-refractivity contribution >= 4 is 33.4 Å². The predicted octanol–water partition coefficient (Wildman–Crippen LogP) is 3.13. The monoisotopic (exact) mass is 317 g/mol. The van der Waals surface area contributed by atoms with Crippen LogP contribution in [0.25, 0.3) is 0 Å². The molecule has 3 nitrogen and oxygen atoms in total. The molecule has 0 atom stereocenters. The maximum atomic E-state index is 11.3. The van der Waals surface area contributed by atoms with Gasteiger partial charge in [-0.15, -0.1) is 0 Å². The molecule has 0 saturated heterocycles. The summed E-state index contributed by atoms with van der Waals surface area (Å²) in [5, 5.41) is 3.30. The van der Waals surface area contributed by atoms with Crippen LogP contribution in [0.15, 0.2) is 35.3 Å². The van der Waals surface area contributed by atoms with E-state index in [0.29, 0.717) is 30.3 Å². The Bertz CT molecular complexity index is 409. The van der Waals surface area contributed by atoms with Gasteiger partial charge < -0.3 is 10.1 Å². The SMILES string of the molecule is C=C(Br)CNC(=O)CCOc1cccc(Cl)c1. The predicted molar refractivity (Wildman–Crippen MR) is 72.6 cm³/mol. The second-order valence-electron chi connectivity index (χ2n) is 3.35. The van der Waals surface area contributed by atoms with E-state index >= 15 is 0 Å². The molecule has 0 aliphatic carbocycles. The highest BCUT2D eigenvalue weighted by Gasteiger charge is 2.02. The standard InChI is InChI=1S/C12H13BrClNO2/c1-9(13)8-15-12(16)5-6-17-11-4-2-3-10(14)7-11/h2-4,7H,1,5-6,8H2,(H,15,16). The van der Waals surface area contributed by atoms with E-state index in [1.807, 2.05) is 0 Å². The van der Waals surface area contributed by atoms with Crippen LogP contribution in [0.2, 0.25) is 5.02 Å². The van der Waals surface area contributed by atoms with E-state index in [2.05, 4.69) is 27.8 Å². The Morgan fingerprint density at radius 3 is 2.94 bits per heavy atom. The first-order valence-electron chi connectivity index (χ1n) is 5.06. The van der Waals surface area contributed by atoms with Gasteiger partial charge >= 0.3 is 0 Å². The van der Waals surface area contributed by atoms with Crippen molar-refractivity contribution in [2.45, 2.75) is 6.42 Å². The summed E-state index contributed by atoms with van der Waals surface area (Å²) >= 11 is 8.96. The average molecular weight is 319 g/mol. The van der Waals surface area contributed by atoms with Gasteiger partial charge in [0.1, 0.15) is 5.75 Å². The number of benzene rings is 1. The molecular formula is C12H13BrClNO2. The lowest BCUT2D eigenvalue weighted by Crippen LogP contribution is -2.25. The van der Waals surface area contributed by atoms with Crippen LogP contribution in [0.1, 0.15) is 6.42 Å². The molecule has 92 valence electrons. The van der Waals surface area contributed by atoms with Crippen molar-refractivity contribution in [2.75, 3.05) is 13.2 Å². The molecule has 0 saturated carbocycles. The highest BCUT2D eigenvalue weighted by atomic mass is 79.9. The summed E-state index contributed by atoms with van der Waals surface area (Å²) in [6, 6.07) is 7.07. The molecule has 0 aliphatic heterocycles. The maximum absolute atomic E-state index is 11.3. The molecule has 0 fully saturated rings. The summed E-state index contributed by atoms with van der Waals surface area (Å²) in [4.78, 5) is 11.3. The van der Waals surface area contributed by atoms with Gasteiger partial charge in [-0.25, -0.2) is 0 Å². The molecule has 0 radical (unpaired) electrons. The largest absolute Gasteiger partial charge is 0.493 e. The lowest BCUT2D eigenvalue weighted by Gasteiger charge is -2.07. The van der Waals surface area contributed by atoms with Crippen LogP contribution in [0.3, 0.4) is 0 Å². The number of halogens is 2. The van der Waals surface area contributed by atoms with Gasteiger partial charge in [0.25, 0.3) is 0 Å². The van der Waals surface area contributed by atoms with Crippen molar-refractivity contribution in [3.05, 3.63) is 40.3 Å². The Morgan fingerprint density at radius 1 is 1.53 bits per heavy atom. The van der Waals surface area contributed by atoms with Crippen molar-refractivity contribution in [2.24, 2.45) is 0 Å². The normalized spacial score (nSPS) is 9.76. The summed E-state index contributed by atoms with van der Waals surface area (Å²) in [6.07, 6.45) is 0.298. The molecule has 0 heterocycles. The zero-order valence-corrected chi connectivity index (χ0v) is 11.6. The van der Waals surface area contributed by atoms with Crippen LogP contribution >= 0.6 is 27.5 Å². The number of ether oxygens (including phenoxy) is 1. The maximum Gasteiger partial charge on any atom is 0.223 e. The van der Waals surface area contributed by atoms with Gasteiger partial charge in [-0.1, -0.05) is 40.2 Å². The summed E-state index contributed by atoms with van der Waals surface area (Å²) in [5.41, 5.74) is 0. The van der Waals surface area contributed by atoms with Gasteiger partial charge in [0.05, 0.1) is 13.0 Å². The first-order valence-corrected chi connectivity index (χ1v) is 6.23. The Kier molecular flexibility index (Phi) is 6.08. The lowest BCUT2D eigenvalue weighted by atomic mass is 10.3. The number of carbonyl (C=O) groups is 1. The van der Waals surface area contributed by atoms with Crippen molar-refractivity contribution in [1.82, 2.24) is 5.32 Å². The Labute approximate surface area is 114 Å². The van der Waals surface area contributed by atoms with Gasteiger partial charge in [-0.3, -0.25) is 4.79 Å². The second-order valence-corrected chi connectivity index (χ2v) is 4.91. The molecule has 0 unspecified atom stereocenters. The van der Waals surface area contributed by atoms with Crippen LogP contribution in [0, 0.1) is 0 Å². The van der Waals surface area contributed by atoms with E-state index in [1.54, 1.807) is 24.3 Å². The molecule has 1 aromatic carbocycles. The van der Waals surface area contributed by atoms with Gasteiger partial charge in [0.2, 0.25) is 5.91 Å². The van der Waals surface area contributed by atoms with Gasteiger partial charge in [-0.05, 0) is 18.2 Å². The molecule has 1 amide bonds. The van der Waals surface area contributed by atoms with Crippen LogP contribution < -0.4 is 10.1 Å². The third-order valence-electron chi connectivity index (χ3n) is 1.87. The number of nitrogens with one attached hydrogen (secondary N) is 1. The quantitative estimate of drug-likeness (QED) is 0.875. The molecule has 0 spiro atoms. The number of rotatable bonds is 6. The van der Waals surface area contributed by atoms with Crippen LogP contribution in [-0.4, -0.2) is 19.1 Å². The fraction of sp³-hybridized carbons (Fsp3) is 0.250. The van der Waals surface area contributed by atoms with E-state index < -0.39 is 0 Å². The minimum atomic E-state index is -0.0763. The lowest BCUT2D eigenvalue weighted by molar-refractivity contribution is -0.121. The molecule has 5 heteroatoms. The first-order chi connectivity index (χ1) is 8.08. The van der Waals surface area contributed by atoms with E-state index in [-0.39, 0.29) is 5.91 Å². The molecule has 0 bridgehead atoms. The third kappa shape index (κ3) is 6.34. The van der Waals surface area contributed by atoms with Crippen molar-refractivity contribution in [3.63, 3.8) is 0 Å². The summed E-state index contributed by atoms with van der Waals surface area (Å²) in [5.74, 6) is 0.586. The van der Waals surface area contributed by atoms with E-state index in [1.165, 1.54) is 0 Å². The molecule has 17 heavy (non-hydrogen) atoms. The Hall–Kier alpha value is -1.00. The summed E-state index contributed by atoms with van der Waals surface area (Å²) in [7, 11) is 0. The van der Waals surface area contributed by atoms with Gasteiger partial charge in [0.15, 0.2) is 0 Å². The molecule has 1 N–H and O–H groups in total. The number of carbonyl (C=O) groups excluding carboxylic acids is 1. The summed E-state index contributed by atoms with van der Waals surface area (Å²) in [6.45, 7) is 4.37. The number of hydrogen-bond donors (Lipinski definition) is 1. The third-order valence-corrected chi connectivity index (χ3v) is 2.39. The van der Waals surface area contributed by atoms with E-state index in [0.717, 1.165) is 4.48 Å². The second kappa shape index (κ2) is 7.35. The topological polar surface area (TPSA) is 38.3 Å². The average Bonchev–Trinajstić information content (AvgIpc) is 2.26. The van der Waals surface area contributed by atoms with E-state index in [9.17, 15) is 4.79 Å². The highest BCUT2D eigenvalue weighted by molar-refractivity contribution is 9.11. The first kappa shape index (κ1) is 14.1. The van der Waals surface area contributed by atoms with Crippen LogP contribution in [0.4, 0.5) is 0 Å².